The number of rotatable bonds is 11. The third-order valence-electron chi connectivity index (χ3n) is 28.6. The lowest BCUT2D eigenvalue weighted by Gasteiger charge is -2.62. The quantitative estimate of drug-likeness (QED) is 0.128. The number of para-hydroxylation sites is 3. The Morgan fingerprint density at radius 1 is 0.333 bits per heavy atom. The van der Waals surface area contributed by atoms with Crippen molar-refractivity contribution < 1.29 is 0 Å². The van der Waals surface area contributed by atoms with E-state index in [1.807, 2.05) is 0 Å². The van der Waals surface area contributed by atoms with E-state index in [2.05, 4.69) is 352 Å². The second-order valence-corrected chi connectivity index (χ2v) is 38.5. The number of nitrogens with zero attached hydrogens (tertiary/aromatic N) is 3. The monoisotopic (exact) mass is 1340 g/mol. The van der Waals surface area contributed by atoms with Crippen LogP contribution in [-0.4, -0.2) is 16.6 Å². The number of hydrogen-bond donors (Lipinski definition) is 0. The molecule has 0 amide bonds. The van der Waals surface area contributed by atoms with Gasteiger partial charge in [0, 0.05) is 50.5 Å². The molecule has 18 rings (SSSR count). The molecule has 3 heterocycles. The summed E-state index contributed by atoms with van der Waals surface area (Å²) >= 11 is 0. The molecule has 2 aliphatic carbocycles. The Morgan fingerprint density at radius 3 is 1.21 bits per heavy atom. The smallest absolute Gasteiger partial charge is 0.0528 e. The van der Waals surface area contributed by atoms with E-state index in [1.165, 1.54) is 168 Å². The normalized spacial score (nSPS) is 24.7. The third-order valence-corrected chi connectivity index (χ3v) is 28.6. The van der Waals surface area contributed by atoms with Gasteiger partial charge >= 0.3 is 0 Å². The van der Waals surface area contributed by atoms with Crippen LogP contribution in [0.1, 0.15) is 186 Å². The minimum Gasteiger partial charge on any atom is -0.335 e. The summed E-state index contributed by atoms with van der Waals surface area (Å²) in [4.78, 5) is 8.20. The summed E-state index contributed by atoms with van der Waals surface area (Å²) in [5, 5.41) is 16.1. The molecule has 3 heteroatoms. The van der Waals surface area contributed by atoms with Crippen LogP contribution in [0.3, 0.4) is 0 Å². The molecule has 0 saturated heterocycles. The Kier molecular flexibility index (Phi) is 13.6. The minimum absolute atomic E-state index is 0.00786. The second-order valence-electron chi connectivity index (χ2n) is 38.5. The van der Waals surface area contributed by atoms with E-state index in [4.69, 9.17) is 0 Å². The number of hydrogen-bond acceptors (Lipinski definition) is 3. The molecular formula is C99H105N3. The first kappa shape index (κ1) is 65.4. The van der Waals surface area contributed by atoms with Gasteiger partial charge in [0.1, 0.15) is 0 Å². The molecule has 13 aromatic rings. The van der Waals surface area contributed by atoms with Crippen molar-refractivity contribution in [1.29, 1.82) is 0 Å². The third kappa shape index (κ3) is 8.90. The summed E-state index contributed by atoms with van der Waals surface area (Å²) in [5.74, 6) is 0. The van der Waals surface area contributed by atoms with Crippen LogP contribution in [0.2, 0.25) is 0 Å². The van der Waals surface area contributed by atoms with Crippen molar-refractivity contribution in [3.8, 4) is 33.4 Å². The van der Waals surface area contributed by atoms with Crippen molar-refractivity contribution >= 4 is 98.8 Å². The van der Waals surface area contributed by atoms with Crippen LogP contribution in [-0.2, 0) is 17.3 Å². The fourth-order valence-electron chi connectivity index (χ4n) is 25.2. The predicted molar refractivity (Wildman–Crippen MR) is 440 cm³/mol. The van der Waals surface area contributed by atoms with Crippen LogP contribution in [0.5, 0.6) is 0 Å². The van der Waals surface area contributed by atoms with Crippen molar-refractivity contribution in [2.24, 2.45) is 32.5 Å². The van der Waals surface area contributed by atoms with E-state index in [0.717, 1.165) is 32.1 Å². The molecule has 0 aromatic heterocycles. The molecule has 5 atom stereocenters. The zero-order chi connectivity index (χ0) is 71.2. The first-order valence-electron chi connectivity index (χ1n) is 38.6. The molecule has 5 unspecified atom stereocenters. The molecule has 5 aliphatic rings. The van der Waals surface area contributed by atoms with E-state index in [0.29, 0.717) is 0 Å². The van der Waals surface area contributed by atoms with Crippen LogP contribution in [0.25, 0.3) is 98.0 Å². The lowest BCUT2D eigenvalue weighted by atomic mass is 9.45. The number of anilines is 6. The van der Waals surface area contributed by atoms with Gasteiger partial charge in [-0.25, -0.2) is 0 Å². The number of benzene rings is 11. The molecule has 0 spiro atoms. The molecule has 3 aliphatic heterocycles. The largest absolute Gasteiger partial charge is 0.335 e. The first-order chi connectivity index (χ1) is 48.3. The topological polar surface area (TPSA) is 9.72 Å². The molecule has 2 saturated carbocycles. The summed E-state index contributed by atoms with van der Waals surface area (Å²) in [6, 6.07) is 83.9. The molecule has 102 heavy (non-hydrogen) atoms. The van der Waals surface area contributed by atoms with Gasteiger partial charge in [-0.2, -0.15) is 0 Å². The molecule has 2 fully saturated rings. The Balaban J connectivity index is 0.830. The van der Waals surface area contributed by atoms with Crippen molar-refractivity contribution in [2.45, 2.75) is 203 Å². The van der Waals surface area contributed by atoms with Crippen molar-refractivity contribution in [1.82, 2.24) is 0 Å². The highest BCUT2D eigenvalue weighted by atomic mass is 15.3. The van der Waals surface area contributed by atoms with Crippen LogP contribution in [0.4, 0.5) is 34.1 Å². The van der Waals surface area contributed by atoms with Crippen LogP contribution in [0, 0.1) is 32.5 Å². The van der Waals surface area contributed by atoms with Gasteiger partial charge in [0.05, 0.1) is 11.1 Å². The Labute approximate surface area is 608 Å². The van der Waals surface area contributed by atoms with Gasteiger partial charge in [0.25, 0.3) is 0 Å². The zero-order valence-electron chi connectivity index (χ0n) is 64.2. The van der Waals surface area contributed by atoms with Gasteiger partial charge in [-0.3, -0.25) is 0 Å². The van der Waals surface area contributed by atoms with Gasteiger partial charge < -0.3 is 14.7 Å². The molecule has 0 radical (unpaired) electrons. The predicted octanol–water partition coefficient (Wildman–Crippen LogP) is 28.2. The van der Waals surface area contributed by atoms with E-state index < -0.39 is 0 Å². The van der Waals surface area contributed by atoms with Crippen molar-refractivity contribution in [3.63, 3.8) is 0 Å². The molecule has 0 bridgehead atoms. The van der Waals surface area contributed by atoms with E-state index in [1.54, 1.807) is 0 Å². The Morgan fingerprint density at radius 2 is 0.735 bits per heavy atom. The summed E-state index contributed by atoms with van der Waals surface area (Å²) in [7, 11) is 0. The average molecular weight is 1340 g/mol. The SMILES string of the molecule is CCC(C)(C)CC(C)(C)CC1(C)Cc2cc(-c3ccc4c5cc6c(cc5c5ccc(-c7ccc8c(c7)C7(C)C(C)(C)CC(C)(C)CC7(C)N8c7ccccc7)c3c54)c3cccc4c(-c5ccc7c(c5)C5(C)C(C)(C)CC(C)(C)CC5(C)N7c5ccccc5)ccc6c43)ccc2N1c1ccccc1. The highest BCUT2D eigenvalue weighted by molar-refractivity contribution is 6.39. The Bertz CT molecular complexity index is 5540. The van der Waals surface area contributed by atoms with Gasteiger partial charge in [-0.1, -0.05) is 238 Å². The second kappa shape index (κ2) is 21.3. The summed E-state index contributed by atoms with van der Waals surface area (Å²) in [5.41, 5.74) is 20.1. The van der Waals surface area contributed by atoms with E-state index >= 15 is 0 Å². The van der Waals surface area contributed by atoms with Crippen molar-refractivity contribution in [3.05, 3.63) is 229 Å². The maximum Gasteiger partial charge on any atom is 0.0528 e. The van der Waals surface area contributed by atoms with Crippen LogP contribution < -0.4 is 14.7 Å². The first-order valence-corrected chi connectivity index (χ1v) is 38.6. The average Bonchev–Trinajstić information content (AvgIpc) is 1.50. The molecule has 516 valence electrons. The molecular weight excluding hydrogens is 1230 g/mol. The maximum atomic E-state index is 2.75. The maximum absolute atomic E-state index is 2.75. The standard InChI is InChI=1S/C99H105N3/c1-19-89(2,3)56-90(4,5)59-95(14)55-65-50-62(38-47-83(65)100(95)66-30-23-20-24-31-66)70-42-45-75-80-54-78-74-44-41-69(63-39-48-84-81(51-63)98(17)93(10,11)57-91(6,7)60-96(98,15)101(84)67-32-25-21-26-33-67)72-36-29-37-73(86(72)74)77(78)53-79(80)76-46-43-71(87(70)88(75)76)64-40-49-85-82(52-64)99(18)94(12,13)58-92(8,9)61-97(99,16)102(85)68-34-27-22-28-35-68/h20-54H,19,55-61H2,1-18H3. The lowest BCUT2D eigenvalue weighted by Crippen LogP contribution is -2.65. The lowest BCUT2D eigenvalue weighted by molar-refractivity contribution is -0.0239. The summed E-state index contributed by atoms with van der Waals surface area (Å²) < 4.78 is 0. The van der Waals surface area contributed by atoms with Gasteiger partial charge in [-0.05, 0) is 298 Å². The van der Waals surface area contributed by atoms with E-state index in [9.17, 15) is 0 Å². The fourth-order valence-corrected chi connectivity index (χ4v) is 25.2. The highest BCUT2D eigenvalue weighted by Gasteiger charge is 2.69. The van der Waals surface area contributed by atoms with Crippen LogP contribution in [0.15, 0.2) is 212 Å². The minimum atomic E-state index is -0.174. The summed E-state index contributed by atoms with van der Waals surface area (Å²) in [6.45, 7) is 45.6. The summed E-state index contributed by atoms with van der Waals surface area (Å²) in [6.07, 6.45) is 8.94. The van der Waals surface area contributed by atoms with Crippen LogP contribution >= 0.6 is 0 Å². The van der Waals surface area contributed by atoms with Crippen molar-refractivity contribution in [2.75, 3.05) is 14.7 Å². The van der Waals surface area contributed by atoms with Gasteiger partial charge in [0.2, 0.25) is 0 Å². The van der Waals surface area contributed by atoms with Gasteiger partial charge in [0.15, 0.2) is 0 Å². The van der Waals surface area contributed by atoms with Gasteiger partial charge in [-0.15, -0.1) is 0 Å². The molecule has 3 nitrogen and oxygen atoms in total. The fraction of sp³-hybridized carbons (Fsp3) is 0.374. The Hall–Kier alpha value is -8.66. The number of fused-ring (bicyclic) bond motifs is 13. The molecule has 0 N–H and O–H groups in total. The zero-order valence-corrected chi connectivity index (χ0v) is 64.2. The molecule has 13 aromatic carbocycles. The highest BCUT2D eigenvalue weighted by Crippen LogP contribution is 2.72. The van der Waals surface area contributed by atoms with E-state index in [-0.39, 0.29) is 59.9 Å².